The van der Waals surface area contributed by atoms with E-state index < -0.39 is 10.8 Å². The largest absolute Gasteiger partial charge is 0.496 e. The van der Waals surface area contributed by atoms with E-state index in [4.69, 9.17) is 16.3 Å². The maximum atomic E-state index is 12.6. The van der Waals surface area contributed by atoms with Crippen LogP contribution in [0.15, 0.2) is 30.3 Å². The first-order valence-electron chi connectivity index (χ1n) is 8.80. The Kier molecular flexibility index (Phi) is 4.97. The van der Waals surface area contributed by atoms with Gasteiger partial charge in [-0.3, -0.25) is 20.2 Å². The fraction of sp³-hybridized carbons (Fsp3) is 0.200. The number of rotatable bonds is 4. The lowest BCUT2D eigenvalue weighted by molar-refractivity contribution is -0.384. The van der Waals surface area contributed by atoms with E-state index in [1.165, 1.54) is 23.5 Å². The molecule has 1 amide bonds. The molecule has 0 bridgehead atoms. The van der Waals surface area contributed by atoms with Crippen molar-refractivity contribution in [3.05, 3.63) is 67.0 Å². The summed E-state index contributed by atoms with van der Waals surface area (Å²) in [7, 11) is 1.65. The summed E-state index contributed by atoms with van der Waals surface area (Å²) in [6.07, 6.45) is 1.70. The van der Waals surface area contributed by atoms with Crippen LogP contribution in [0.4, 0.5) is 10.8 Å². The summed E-state index contributed by atoms with van der Waals surface area (Å²) < 4.78 is 5.41. The van der Waals surface area contributed by atoms with E-state index in [1.807, 2.05) is 13.0 Å². The average molecular weight is 430 g/mol. The lowest BCUT2D eigenvalue weighted by atomic mass is 9.91. The smallest absolute Gasteiger partial charge is 0.288 e. The minimum Gasteiger partial charge on any atom is -0.496 e. The standard InChI is InChI=1S/C20H16ClN3O4S/c1-10-7-13-11(9-16(10)28-2)4-6-17-18(13)22-20(29-17)23-19(25)12-3-5-14(21)15(8-12)24(26)27/h3,5,7-9H,4,6H2,1-2H3,(H,22,23,25). The van der Waals surface area contributed by atoms with Crippen molar-refractivity contribution in [2.45, 2.75) is 19.8 Å². The number of nitrogens with one attached hydrogen (secondary N) is 1. The Labute approximate surface area is 175 Å². The van der Waals surface area contributed by atoms with E-state index >= 15 is 0 Å². The van der Waals surface area contributed by atoms with Crippen molar-refractivity contribution in [1.82, 2.24) is 4.98 Å². The Hall–Kier alpha value is -2.97. The van der Waals surface area contributed by atoms with Crippen LogP contribution in [0, 0.1) is 17.0 Å². The molecule has 0 spiro atoms. The minimum absolute atomic E-state index is 0.0151. The molecular weight excluding hydrogens is 414 g/mol. The van der Waals surface area contributed by atoms with Crippen molar-refractivity contribution in [3.8, 4) is 17.0 Å². The molecule has 1 heterocycles. The number of nitro groups is 1. The second-order valence-corrected chi connectivity index (χ2v) is 8.14. The van der Waals surface area contributed by atoms with E-state index in [0.717, 1.165) is 51.9 Å². The van der Waals surface area contributed by atoms with Crippen LogP contribution in [0.1, 0.15) is 26.4 Å². The lowest BCUT2D eigenvalue weighted by Crippen LogP contribution is -2.12. The predicted molar refractivity (Wildman–Crippen MR) is 112 cm³/mol. The maximum Gasteiger partial charge on any atom is 0.288 e. The summed E-state index contributed by atoms with van der Waals surface area (Å²) in [5, 5.41) is 14.2. The van der Waals surface area contributed by atoms with Crippen LogP contribution < -0.4 is 10.1 Å². The van der Waals surface area contributed by atoms with Gasteiger partial charge in [0.05, 0.1) is 17.7 Å². The van der Waals surface area contributed by atoms with Crippen LogP contribution in [0.25, 0.3) is 11.3 Å². The summed E-state index contributed by atoms with van der Waals surface area (Å²) in [5.41, 5.74) is 3.93. The van der Waals surface area contributed by atoms with Gasteiger partial charge in [-0.2, -0.15) is 0 Å². The first-order chi connectivity index (χ1) is 13.9. The number of carbonyl (C=O) groups is 1. The molecule has 9 heteroatoms. The van der Waals surface area contributed by atoms with Crippen molar-refractivity contribution >= 4 is 39.7 Å². The molecule has 0 atom stereocenters. The number of benzene rings is 2. The van der Waals surface area contributed by atoms with Gasteiger partial charge in [-0.25, -0.2) is 4.98 Å². The Morgan fingerprint density at radius 1 is 1.31 bits per heavy atom. The molecule has 3 aromatic rings. The normalized spacial score (nSPS) is 12.1. The third kappa shape index (κ3) is 3.56. The second-order valence-electron chi connectivity index (χ2n) is 6.65. The van der Waals surface area contributed by atoms with Gasteiger partial charge in [-0.1, -0.05) is 11.6 Å². The molecule has 1 aliphatic rings. The number of carbonyl (C=O) groups excluding carboxylic acids is 1. The highest BCUT2D eigenvalue weighted by Crippen LogP contribution is 2.40. The molecule has 1 aromatic heterocycles. The average Bonchev–Trinajstić information content (AvgIpc) is 3.10. The quantitative estimate of drug-likeness (QED) is 0.463. The van der Waals surface area contributed by atoms with Gasteiger partial charge in [0.25, 0.3) is 11.6 Å². The van der Waals surface area contributed by atoms with Gasteiger partial charge >= 0.3 is 0 Å². The first kappa shape index (κ1) is 19.4. The molecule has 0 unspecified atom stereocenters. The second kappa shape index (κ2) is 7.46. The van der Waals surface area contributed by atoms with Gasteiger partial charge in [-0.15, -0.1) is 11.3 Å². The van der Waals surface area contributed by atoms with Crippen LogP contribution in [0.3, 0.4) is 0 Å². The number of ether oxygens (including phenoxy) is 1. The number of thiazole rings is 1. The van der Waals surface area contributed by atoms with Crippen LogP contribution in [-0.2, 0) is 12.8 Å². The van der Waals surface area contributed by atoms with Gasteiger partial charge in [-0.05, 0) is 55.2 Å². The zero-order valence-corrected chi connectivity index (χ0v) is 17.2. The maximum absolute atomic E-state index is 12.6. The molecule has 1 N–H and O–H groups in total. The van der Waals surface area contributed by atoms with Gasteiger partial charge in [0.15, 0.2) is 5.13 Å². The van der Waals surface area contributed by atoms with Gasteiger partial charge < -0.3 is 4.74 Å². The number of hydrogen-bond acceptors (Lipinski definition) is 6. The Morgan fingerprint density at radius 2 is 2.10 bits per heavy atom. The number of hydrogen-bond donors (Lipinski definition) is 1. The molecule has 0 radical (unpaired) electrons. The van der Waals surface area contributed by atoms with Crippen LogP contribution >= 0.6 is 22.9 Å². The fourth-order valence-corrected chi connectivity index (χ4v) is 4.53. The number of nitrogens with zero attached hydrogens (tertiary/aromatic N) is 2. The Bertz CT molecular complexity index is 1160. The number of halogens is 1. The highest BCUT2D eigenvalue weighted by atomic mass is 35.5. The first-order valence-corrected chi connectivity index (χ1v) is 9.99. The van der Waals surface area contributed by atoms with Crippen molar-refractivity contribution < 1.29 is 14.5 Å². The third-order valence-electron chi connectivity index (χ3n) is 4.82. The number of amides is 1. The molecule has 0 fully saturated rings. The van der Waals surface area contributed by atoms with Gasteiger partial charge in [0, 0.05) is 22.1 Å². The summed E-state index contributed by atoms with van der Waals surface area (Å²) in [5.74, 6) is 0.377. The number of nitro benzene ring substituents is 1. The minimum atomic E-state index is -0.616. The fourth-order valence-electron chi connectivity index (χ4n) is 3.37. The topological polar surface area (TPSA) is 94.4 Å². The third-order valence-corrected chi connectivity index (χ3v) is 6.17. The molecular formula is C20H16ClN3O4S. The van der Waals surface area contributed by atoms with E-state index in [9.17, 15) is 14.9 Å². The molecule has 0 saturated heterocycles. The molecule has 0 saturated carbocycles. The number of fused-ring (bicyclic) bond motifs is 3. The molecule has 148 valence electrons. The van der Waals surface area contributed by atoms with Crippen molar-refractivity contribution in [3.63, 3.8) is 0 Å². The lowest BCUT2D eigenvalue weighted by Gasteiger charge is -2.17. The number of aryl methyl sites for hydroxylation is 3. The van der Waals surface area contributed by atoms with Crippen molar-refractivity contribution in [1.29, 1.82) is 0 Å². The number of anilines is 1. The monoisotopic (exact) mass is 429 g/mol. The van der Waals surface area contributed by atoms with Crippen LogP contribution in [0.5, 0.6) is 5.75 Å². The van der Waals surface area contributed by atoms with E-state index in [-0.39, 0.29) is 16.3 Å². The van der Waals surface area contributed by atoms with E-state index in [1.54, 1.807) is 7.11 Å². The SMILES string of the molecule is COc1cc2c(cc1C)-c1nc(NC(=O)c3ccc(Cl)c([N+](=O)[O-])c3)sc1CC2. The van der Waals surface area contributed by atoms with Crippen LogP contribution in [0.2, 0.25) is 5.02 Å². The van der Waals surface area contributed by atoms with E-state index in [2.05, 4.69) is 16.4 Å². The zero-order chi connectivity index (χ0) is 20.7. The van der Waals surface area contributed by atoms with Crippen LogP contribution in [-0.4, -0.2) is 22.9 Å². The number of aromatic nitrogens is 1. The summed E-state index contributed by atoms with van der Waals surface area (Å²) >= 11 is 7.23. The predicted octanol–water partition coefficient (Wildman–Crippen LogP) is 5.04. The Morgan fingerprint density at radius 3 is 2.83 bits per heavy atom. The zero-order valence-electron chi connectivity index (χ0n) is 15.6. The molecule has 4 rings (SSSR count). The van der Waals surface area contributed by atoms with E-state index in [0.29, 0.717) is 5.13 Å². The van der Waals surface area contributed by atoms with Gasteiger partial charge in [0.1, 0.15) is 10.8 Å². The Balaban J connectivity index is 1.63. The molecule has 29 heavy (non-hydrogen) atoms. The summed E-state index contributed by atoms with van der Waals surface area (Å²) in [4.78, 5) is 28.7. The molecule has 1 aliphatic carbocycles. The highest BCUT2D eigenvalue weighted by molar-refractivity contribution is 7.16. The van der Waals surface area contributed by atoms with Crippen molar-refractivity contribution in [2.24, 2.45) is 0 Å². The molecule has 0 aliphatic heterocycles. The summed E-state index contributed by atoms with van der Waals surface area (Å²) in [6, 6.07) is 8.05. The van der Waals surface area contributed by atoms with Gasteiger partial charge in [0.2, 0.25) is 0 Å². The summed E-state index contributed by atoms with van der Waals surface area (Å²) in [6.45, 7) is 1.98. The highest BCUT2D eigenvalue weighted by Gasteiger charge is 2.24. The van der Waals surface area contributed by atoms with Crippen molar-refractivity contribution in [2.75, 3.05) is 12.4 Å². The number of methoxy groups -OCH3 is 1. The molecule has 2 aromatic carbocycles. The molecule has 7 nitrogen and oxygen atoms in total.